The van der Waals surface area contributed by atoms with E-state index in [1.165, 1.54) is 5.56 Å². The molecule has 0 aliphatic carbocycles. The van der Waals surface area contributed by atoms with Crippen LogP contribution in [0.25, 0.3) is 0 Å². The minimum atomic E-state index is 0.456. The topological polar surface area (TPSA) is 15.3 Å². The summed E-state index contributed by atoms with van der Waals surface area (Å²) in [6, 6.07) is 9.01. The van der Waals surface area contributed by atoms with Gasteiger partial charge in [-0.15, -0.1) is 0 Å². The lowest BCUT2D eigenvalue weighted by Crippen LogP contribution is -2.31. The molecule has 0 amide bonds. The van der Waals surface area contributed by atoms with Crippen LogP contribution in [0, 0.1) is 0 Å². The summed E-state index contributed by atoms with van der Waals surface area (Å²) in [6.07, 6.45) is 1.12. The standard InChI is InChI=1S/C14H23BrN2/c1-4-14(16-9-10-17(3)5-2)12-7-6-8-13(15)11-12/h6-8,11,14,16H,4-5,9-10H2,1-3H3. The van der Waals surface area contributed by atoms with Gasteiger partial charge in [-0.25, -0.2) is 0 Å². The van der Waals surface area contributed by atoms with Gasteiger partial charge in [0.25, 0.3) is 0 Å². The molecule has 1 N–H and O–H groups in total. The summed E-state index contributed by atoms with van der Waals surface area (Å²) in [5, 5.41) is 3.62. The molecule has 0 spiro atoms. The molecule has 1 atom stereocenters. The summed E-state index contributed by atoms with van der Waals surface area (Å²) in [7, 11) is 2.15. The average Bonchev–Trinajstić information content (AvgIpc) is 2.34. The Morgan fingerprint density at radius 3 is 2.71 bits per heavy atom. The highest BCUT2D eigenvalue weighted by molar-refractivity contribution is 9.10. The van der Waals surface area contributed by atoms with Crippen LogP contribution in [0.15, 0.2) is 28.7 Å². The zero-order valence-electron chi connectivity index (χ0n) is 11.0. The molecule has 2 nitrogen and oxygen atoms in total. The first-order chi connectivity index (χ1) is 8.17. The fourth-order valence-electron chi connectivity index (χ4n) is 1.81. The molecule has 0 saturated carbocycles. The van der Waals surface area contributed by atoms with Crippen molar-refractivity contribution < 1.29 is 0 Å². The zero-order valence-corrected chi connectivity index (χ0v) is 12.6. The van der Waals surface area contributed by atoms with Gasteiger partial charge in [0.2, 0.25) is 0 Å². The Labute approximate surface area is 114 Å². The molecule has 1 aromatic rings. The van der Waals surface area contributed by atoms with E-state index in [2.05, 4.69) is 71.3 Å². The van der Waals surface area contributed by atoms with Gasteiger partial charge in [-0.2, -0.15) is 0 Å². The highest BCUT2D eigenvalue weighted by Crippen LogP contribution is 2.20. The van der Waals surface area contributed by atoms with Crippen molar-refractivity contribution in [2.75, 3.05) is 26.7 Å². The van der Waals surface area contributed by atoms with Crippen molar-refractivity contribution in [3.63, 3.8) is 0 Å². The predicted molar refractivity (Wildman–Crippen MR) is 78.3 cm³/mol. The van der Waals surface area contributed by atoms with Gasteiger partial charge in [0.05, 0.1) is 0 Å². The lowest BCUT2D eigenvalue weighted by atomic mass is 10.0. The Bertz CT molecular complexity index is 328. The molecule has 96 valence electrons. The fraction of sp³-hybridized carbons (Fsp3) is 0.571. The maximum absolute atomic E-state index is 3.62. The highest BCUT2D eigenvalue weighted by atomic mass is 79.9. The number of rotatable bonds is 7. The predicted octanol–water partition coefficient (Wildman–Crippen LogP) is 3.44. The van der Waals surface area contributed by atoms with Gasteiger partial charge in [0, 0.05) is 23.6 Å². The van der Waals surface area contributed by atoms with Gasteiger partial charge < -0.3 is 10.2 Å². The van der Waals surface area contributed by atoms with Gasteiger partial charge in [0.15, 0.2) is 0 Å². The van der Waals surface area contributed by atoms with E-state index in [0.29, 0.717) is 6.04 Å². The van der Waals surface area contributed by atoms with Crippen LogP contribution in [0.4, 0.5) is 0 Å². The molecule has 1 rings (SSSR count). The quantitative estimate of drug-likeness (QED) is 0.829. The van der Waals surface area contributed by atoms with E-state index in [4.69, 9.17) is 0 Å². The Kier molecular flexibility index (Phi) is 6.78. The monoisotopic (exact) mass is 298 g/mol. The number of halogens is 1. The summed E-state index contributed by atoms with van der Waals surface area (Å²) in [5.74, 6) is 0. The van der Waals surface area contributed by atoms with Crippen molar-refractivity contribution in [1.82, 2.24) is 10.2 Å². The SMILES string of the molecule is CCC(NCCN(C)CC)c1cccc(Br)c1. The third-order valence-electron chi connectivity index (χ3n) is 3.08. The number of nitrogens with one attached hydrogen (secondary N) is 1. The van der Waals surface area contributed by atoms with Crippen molar-refractivity contribution >= 4 is 15.9 Å². The summed E-state index contributed by atoms with van der Waals surface area (Å²) >= 11 is 3.53. The molecule has 0 aliphatic rings. The second-order valence-corrected chi connectivity index (χ2v) is 5.28. The van der Waals surface area contributed by atoms with E-state index in [1.54, 1.807) is 0 Å². The van der Waals surface area contributed by atoms with Crippen LogP contribution >= 0.6 is 15.9 Å². The first kappa shape index (κ1) is 14.7. The van der Waals surface area contributed by atoms with E-state index < -0.39 is 0 Å². The lowest BCUT2D eigenvalue weighted by Gasteiger charge is -2.20. The van der Waals surface area contributed by atoms with Crippen LogP contribution in [0.2, 0.25) is 0 Å². The van der Waals surface area contributed by atoms with Crippen molar-refractivity contribution in [2.45, 2.75) is 26.3 Å². The van der Waals surface area contributed by atoms with Gasteiger partial charge >= 0.3 is 0 Å². The van der Waals surface area contributed by atoms with Gasteiger partial charge in [0.1, 0.15) is 0 Å². The van der Waals surface area contributed by atoms with Crippen LogP contribution in [-0.2, 0) is 0 Å². The molecular formula is C14H23BrN2. The summed E-state index contributed by atoms with van der Waals surface area (Å²) in [6.45, 7) is 7.65. The Balaban J connectivity index is 2.48. The van der Waals surface area contributed by atoms with Gasteiger partial charge in [-0.3, -0.25) is 0 Å². The second kappa shape index (κ2) is 7.85. The number of hydrogen-bond donors (Lipinski definition) is 1. The first-order valence-corrected chi connectivity index (χ1v) is 7.14. The molecule has 0 bridgehead atoms. The van der Waals surface area contributed by atoms with E-state index >= 15 is 0 Å². The molecule has 0 aromatic heterocycles. The summed E-state index contributed by atoms with van der Waals surface area (Å²) < 4.78 is 1.15. The van der Waals surface area contributed by atoms with E-state index in [1.807, 2.05) is 0 Å². The van der Waals surface area contributed by atoms with Crippen molar-refractivity contribution in [1.29, 1.82) is 0 Å². The molecule has 3 heteroatoms. The molecule has 0 aliphatic heterocycles. The number of nitrogens with zero attached hydrogens (tertiary/aromatic N) is 1. The van der Waals surface area contributed by atoms with Gasteiger partial charge in [-0.05, 0) is 37.7 Å². The summed E-state index contributed by atoms with van der Waals surface area (Å²) in [4.78, 5) is 2.32. The second-order valence-electron chi connectivity index (χ2n) is 4.37. The summed E-state index contributed by atoms with van der Waals surface area (Å²) in [5.41, 5.74) is 1.36. The Morgan fingerprint density at radius 2 is 2.12 bits per heavy atom. The maximum Gasteiger partial charge on any atom is 0.0318 e. The smallest absolute Gasteiger partial charge is 0.0318 e. The molecule has 0 heterocycles. The molecule has 0 radical (unpaired) electrons. The largest absolute Gasteiger partial charge is 0.309 e. The average molecular weight is 299 g/mol. The van der Waals surface area contributed by atoms with Gasteiger partial charge in [-0.1, -0.05) is 41.9 Å². The highest BCUT2D eigenvalue weighted by Gasteiger charge is 2.08. The van der Waals surface area contributed by atoms with Crippen LogP contribution < -0.4 is 5.32 Å². The minimum absolute atomic E-state index is 0.456. The van der Waals surface area contributed by atoms with Crippen LogP contribution in [0.1, 0.15) is 31.9 Å². The van der Waals surface area contributed by atoms with Crippen LogP contribution in [0.3, 0.4) is 0 Å². The minimum Gasteiger partial charge on any atom is -0.309 e. The molecule has 0 fully saturated rings. The van der Waals surface area contributed by atoms with E-state index in [0.717, 1.165) is 30.5 Å². The van der Waals surface area contributed by atoms with Crippen molar-refractivity contribution in [2.24, 2.45) is 0 Å². The maximum atomic E-state index is 3.62. The lowest BCUT2D eigenvalue weighted by molar-refractivity contribution is 0.338. The normalized spacial score (nSPS) is 13.0. The van der Waals surface area contributed by atoms with Crippen molar-refractivity contribution in [3.05, 3.63) is 34.3 Å². The van der Waals surface area contributed by atoms with E-state index in [9.17, 15) is 0 Å². The molecule has 0 saturated heterocycles. The Morgan fingerprint density at radius 1 is 1.35 bits per heavy atom. The first-order valence-electron chi connectivity index (χ1n) is 6.34. The number of hydrogen-bond acceptors (Lipinski definition) is 2. The van der Waals surface area contributed by atoms with Crippen LogP contribution in [0.5, 0.6) is 0 Å². The number of benzene rings is 1. The molecule has 17 heavy (non-hydrogen) atoms. The molecular weight excluding hydrogens is 276 g/mol. The number of likely N-dealkylation sites (N-methyl/N-ethyl adjacent to an activating group) is 1. The third-order valence-corrected chi connectivity index (χ3v) is 3.58. The molecule has 1 unspecified atom stereocenters. The zero-order chi connectivity index (χ0) is 12.7. The van der Waals surface area contributed by atoms with Crippen molar-refractivity contribution in [3.8, 4) is 0 Å². The van der Waals surface area contributed by atoms with E-state index in [-0.39, 0.29) is 0 Å². The molecule has 1 aromatic carbocycles. The third kappa shape index (κ3) is 5.19. The Hall–Kier alpha value is -0.380. The van der Waals surface area contributed by atoms with Crippen LogP contribution in [-0.4, -0.2) is 31.6 Å². The fourth-order valence-corrected chi connectivity index (χ4v) is 2.23.